The number of carbonyl (C=O) groups is 1. The van der Waals surface area contributed by atoms with E-state index in [0.29, 0.717) is 12.1 Å². The molecule has 1 aromatic carbocycles. The number of pyridine rings is 1. The van der Waals surface area contributed by atoms with Gasteiger partial charge in [-0.3, -0.25) is 9.78 Å². The van der Waals surface area contributed by atoms with E-state index in [1.807, 2.05) is 50.2 Å². The van der Waals surface area contributed by atoms with Gasteiger partial charge in [-0.05, 0) is 43.7 Å². The molecule has 0 bridgehead atoms. The van der Waals surface area contributed by atoms with Gasteiger partial charge in [0, 0.05) is 23.9 Å². The summed E-state index contributed by atoms with van der Waals surface area (Å²) in [5, 5.41) is 2.78. The van der Waals surface area contributed by atoms with Crippen molar-refractivity contribution in [1.82, 2.24) is 10.3 Å². The van der Waals surface area contributed by atoms with E-state index in [1.165, 1.54) is 5.56 Å². The van der Waals surface area contributed by atoms with Crippen LogP contribution in [0.3, 0.4) is 0 Å². The fourth-order valence-corrected chi connectivity index (χ4v) is 1.75. The van der Waals surface area contributed by atoms with Gasteiger partial charge >= 0.3 is 0 Å². The van der Waals surface area contributed by atoms with Crippen molar-refractivity contribution >= 4 is 5.91 Å². The lowest BCUT2D eigenvalue weighted by molar-refractivity contribution is 0.0956. The predicted molar refractivity (Wildman–Crippen MR) is 72.4 cm³/mol. The Balaban J connectivity index is 2.25. The number of hydrogen-bond acceptors (Lipinski definition) is 2. The molecule has 0 fully saturated rings. The van der Waals surface area contributed by atoms with Gasteiger partial charge in [-0.25, -0.2) is 0 Å². The Morgan fingerprint density at radius 1 is 1.22 bits per heavy atom. The van der Waals surface area contributed by atoms with Crippen LogP contribution < -0.4 is 5.32 Å². The van der Waals surface area contributed by atoms with Crippen molar-refractivity contribution in [1.29, 1.82) is 0 Å². The number of nitrogens with zero attached hydrogens (tertiary/aromatic N) is 1. The van der Waals surface area contributed by atoms with E-state index in [9.17, 15) is 4.79 Å². The van der Waals surface area contributed by atoms with Gasteiger partial charge in [-0.1, -0.05) is 12.1 Å². The number of nitrogens with one attached hydrogen (secondary N) is 1. The summed E-state index contributed by atoms with van der Waals surface area (Å²) >= 11 is 0. The van der Waals surface area contributed by atoms with Crippen molar-refractivity contribution in [3.8, 4) is 11.3 Å². The summed E-state index contributed by atoms with van der Waals surface area (Å²) in [6, 6.07) is 11.5. The zero-order chi connectivity index (χ0) is 13.0. The highest BCUT2D eigenvalue weighted by Gasteiger charge is 2.04. The zero-order valence-electron chi connectivity index (χ0n) is 10.6. The standard InChI is InChI=1S/C15H16N2O/c1-3-16-15(18)13-6-4-12(5-7-13)14-10-11(2)8-9-17-14/h4-10H,3H2,1-2H3,(H,16,18). The minimum absolute atomic E-state index is 0.0405. The van der Waals surface area contributed by atoms with Crippen molar-refractivity contribution in [3.05, 3.63) is 53.7 Å². The lowest BCUT2D eigenvalue weighted by atomic mass is 10.1. The van der Waals surface area contributed by atoms with Crippen LogP contribution in [-0.4, -0.2) is 17.4 Å². The maximum absolute atomic E-state index is 11.6. The number of benzene rings is 1. The van der Waals surface area contributed by atoms with Gasteiger partial charge in [0.25, 0.3) is 5.91 Å². The van der Waals surface area contributed by atoms with Crippen molar-refractivity contribution < 1.29 is 4.79 Å². The molecule has 92 valence electrons. The summed E-state index contributed by atoms with van der Waals surface area (Å²) in [7, 11) is 0. The quantitative estimate of drug-likeness (QED) is 0.896. The van der Waals surface area contributed by atoms with Crippen LogP contribution in [0.5, 0.6) is 0 Å². The first-order valence-electron chi connectivity index (χ1n) is 6.02. The Kier molecular flexibility index (Phi) is 3.72. The highest BCUT2D eigenvalue weighted by atomic mass is 16.1. The molecule has 1 heterocycles. The van der Waals surface area contributed by atoms with Gasteiger partial charge in [0.15, 0.2) is 0 Å². The fourth-order valence-electron chi connectivity index (χ4n) is 1.75. The Bertz CT molecular complexity index is 547. The molecule has 0 aliphatic heterocycles. The molecule has 0 radical (unpaired) electrons. The van der Waals surface area contributed by atoms with Crippen LogP contribution in [0.4, 0.5) is 0 Å². The van der Waals surface area contributed by atoms with E-state index in [0.717, 1.165) is 11.3 Å². The average Bonchev–Trinajstić information content (AvgIpc) is 2.39. The van der Waals surface area contributed by atoms with Gasteiger partial charge in [0.2, 0.25) is 0 Å². The number of carbonyl (C=O) groups excluding carboxylic acids is 1. The number of aryl methyl sites for hydroxylation is 1. The molecule has 0 aliphatic carbocycles. The molecular formula is C15H16N2O. The second-order valence-electron chi connectivity index (χ2n) is 4.16. The van der Waals surface area contributed by atoms with Crippen LogP contribution in [0.15, 0.2) is 42.6 Å². The highest BCUT2D eigenvalue weighted by Crippen LogP contribution is 2.18. The van der Waals surface area contributed by atoms with Crippen molar-refractivity contribution in [2.45, 2.75) is 13.8 Å². The van der Waals surface area contributed by atoms with Crippen molar-refractivity contribution in [3.63, 3.8) is 0 Å². The molecule has 0 saturated heterocycles. The monoisotopic (exact) mass is 240 g/mol. The van der Waals surface area contributed by atoms with Gasteiger partial charge < -0.3 is 5.32 Å². The van der Waals surface area contributed by atoms with Crippen molar-refractivity contribution in [2.24, 2.45) is 0 Å². The first-order chi connectivity index (χ1) is 8.70. The Morgan fingerprint density at radius 3 is 2.56 bits per heavy atom. The second kappa shape index (κ2) is 5.45. The maximum Gasteiger partial charge on any atom is 0.251 e. The lowest BCUT2D eigenvalue weighted by Crippen LogP contribution is -2.22. The molecule has 2 rings (SSSR count). The first kappa shape index (κ1) is 12.3. The summed E-state index contributed by atoms with van der Waals surface area (Å²) in [6.45, 7) is 4.58. The minimum Gasteiger partial charge on any atom is -0.352 e. The van der Waals surface area contributed by atoms with Gasteiger partial charge in [0.05, 0.1) is 5.69 Å². The summed E-state index contributed by atoms with van der Waals surface area (Å²) in [5.41, 5.74) is 3.80. The van der Waals surface area contributed by atoms with E-state index in [2.05, 4.69) is 10.3 Å². The number of amides is 1. The second-order valence-corrected chi connectivity index (χ2v) is 4.16. The lowest BCUT2D eigenvalue weighted by Gasteiger charge is -2.04. The van der Waals surface area contributed by atoms with E-state index in [-0.39, 0.29) is 5.91 Å². The third kappa shape index (κ3) is 2.74. The van der Waals surface area contributed by atoms with Crippen LogP contribution in [-0.2, 0) is 0 Å². The molecule has 2 aromatic rings. The molecule has 1 aromatic heterocycles. The predicted octanol–water partition coefficient (Wildman–Crippen LogP) is 2.81. The average molecular weight is 240 g/mol. The topological polar surface area (TPSA) is 42.0 Å². The van der Waals surface area contributed by atoms with Crippen LogP contribution in [0, 0.1) is 6.92 Å². The minimum atomic E-state index is -0.0405. The molecule has 3 nitrogen and oxygen atoms in total. The van der Waals surface area contributed by atoms with E-state index in [4.69, 9.17) is 0 Å². The molecule has 0 atom stereocenters. The number of rotatable bonds is 3. The SMILES string of the molecule is CCNC(=O)c1ccc(-c2cc(C)ccn2)cc1. The first-order valence-corrected chi connectivity index (χ1v) is 6.02. The molecule has 18 heavy (non-hydrogen) atoms. The van der Waals surface area contributed by atoms with Gasteiger partial charge in [-0.2, -0.15) is 0 Å². The normalized spacial score (nSPS) is 10.1. The zero-order valence-corrected chi connectivity index (χ0v) is 10.6. The summed E-state index contributed by atoms with van der Waals surface area (Å²) in [6.07, 6.45) is 1.79. The third-order valence-electron chi connectivity index (χ3n) is 2.70. The van der Waals surface area contributed by atoms with E-state index in [1.54, 1.807) is 6.20 Å². The van der Waals surface area contributed by atoms with Crippen LogP contribution >= 0.6 is 0 Å². The van der Waals surface area contributed by atoms with Gasteiger partial charge in [-0.15, -0.1) is 0 Å². The van der Waals surface area contributed by atoms with Crippen LogP contribution in [0.2, 0.25) is 0 Å². The molecule has 0 aliphatic rings. The summed E-state index contributed by atoms with van der Waals surface area (Å²) in [4.78, 5) is 15.9. The molecule has 1 amide bonds. The van der Waals surface area contributed by atoms with Crippen molar-refractivity contribution in [2.75, 3.05) is 6.54 Å². The number of hydrogen-bond donors (Lipinski definition) is 1. The van der Waals surface area contributed by atoms with E-state index >= 15 is 0 Å². The molecule has 0 spiro atoms. The van der Waals surface area contributed by atoms with Gasteiger partial charge in [0.1, 0.15) is 0 Å². The molecule has 1 N–H and O–H groups in total. The molecular weight excluding hydrogens is 224 g/mol. The largest absolute Gasteiger partial charge is 0.352 e. The molecule has 3 heteroatoms. The van der Waals surface area contributed by atoms with E-state index < -0.39 is 0 Å². The fraction of sp³-hybridized carbons (Fsp3) is 0.200. The molecule has 0 saturated carbocycles. The summed E-state index contributed by atoms with van der Waals surface area (Å²) in [5.74, 6) is -0.0405. The van der Waals surface area contributed by atoms with Crippen LogP contribution in [0.1, 0.15) is 22.8 Å². The summed E-state index contributed by atoms with van der Waals surface area (Å²) < 4.78 is 0. The Hall–Kier alpha value is -2.16. The Morgan fingerprint density at radius 2 is 1.94 bits per heavy atom. The Labute approximate surface area is 107 Å². The third-order valence-corrected chi connectivity index (χ3v) is 2.70. The smallest absolute Gasteiger partial charge is 0.251 e. The maximum atomic E-state index is 11.6. The number of aromatic nitrogens is 1. The molecule has 0 unspecified atom stereocenters. The highest BCUT2D eigenvalue weighted by molar-refractivity contribution is 5.94. The van der Waals surface area contributed by atoms with Crippen LogP contribution in [0.25, 0.3) is 11.3 Å².